The van der Waals surface area contributed by atoms with Gasteiger partial charge in [-0.1, -0.05) is 51.3 Å². The third-order valence-electron chi connectivity index (χ3n) is 6.49. The predicted molar refractivity (Wildman–Crippen MR) is 158 cm³/mol. The van der Waals surface area contributed by atoms with Crippen molar-refractivity contribution in [2.24, 2.45) is 0 Å². The number of imidazole rings is 1. The predicted octanol–water partition coefficient (Wildman–Crippen LogP) is 7.60. The highest BCUT2D eigenvalue weighted by atomic mass is 32.2. The number of unbranched alkanes of at least 4 members (excludes halogenated alkanes) is 4. The fourth-order valence-corrected chi connectivity index (χ4v) is 5.37. The van der Waals surface area contributed by atoms with E-state index in [1.54, 1.807) is 26.0 Å². The van der Waals surface area contributed by atoms with Gasteiger partial charge in [-0.3, -0.25) is 4.79 Å². The van der Waals surface area contributed by atoms with Crippen molar-refractivity contribution < 1.29 is 14.3 Å². The summed E-state index contributed by atoms with van der Waals surface area (Å²) in [5, 5.41) is 4.09. The second kappa shape index (κ2) is 16.1. The molecule has 1 N–H and O–H groups in total. The third-order valence-corrected chi connectivity index (χ3v) is 7.55. The molecule has 0 aliphatic carbocycles. The maximum atomic E-state index is 12.1. The van der Waals surface area contributed by atoms with Crippen molar-refractivity contribution in [1.82, 2.24) is 14.9 Å². The third kappa shape index (κ3) is 8.55. The minimum absolute atomic E-state index is 0.169. The molecule has 3 aromatic rings. The van der Waals surface area contributed by atoms with Crippen LogP contribution in [0.3, 0.4) is 0 Å². The lowest BCUT2D eigenvalue weighted by Gasteiger charge is -2.13. The van der Waals surface area contributed by atoms with Crippen LogP contribution in [0.5, 0.6) is 11.5 Å². The maximum Gasteiger partial charge on any atom is 0.219 e. The van der Waals surface area contributed by atoms with Crippen LogP contribution in [0, 0.1) is 0 Å². The van der Waals surface area contributed by atoms with Crippen molar-refractivity contribution in [2.45, 2.75) is 76.9 Å². The second-order valence-electron chi connectivity index (χ2n) is 9.42. The van der Waals surface area contributed by atoms with Crippen LogP contribution in [0.15, 0.2) is 53.7 Å². The van der Waals surface area contributed by atoms with E-state index in [0.29, 0.717) is 13.0 Å². The summed E-state index contributed by atoms with van der Waals surface area (Å²) in [5.74, 6) is 2.72. The maximum absolute atomic E-state index is 12.1. The van der Waals surface area contributed by atoms with Crippen LogP contribution in [0.25, 0.3) is 22.5 Å². The lowest BCUT2D eigenvalue weighted by atomic mass is 10.0. The van der Waals surface area contributed by atoms with E-state index in [-0.39, 0.29) is 5.91 Å². The number of hydrogen-bond donors (Lipinski definition) is 1. The van der Waals surface area contributed by atoms with Crippen molar-refractivity contribution in [1.29, 1.82) is 0 Å². The number of amides is 1. The van der Waals surface area contributed by atoms with Gasteiger partial charge in [0.1, 0.15) is 11.5 Å². The van der Waals surface area contributed by atoms with Crippen LogP contribution in [-0.4, -0.2) is 42.0 Å². The Bertz CT molecular complexity index is 1110. The SMILES string of the molecule is CCCCCCCC(=O)NCCCSc1nc(-c2ccc(OC)cc2)c(-c2ccc(OC)cc2)n1CCC. The average molecular weight is 538 g/mol. The van der Waals surface area contributed by atoms with Crippen molar-refractivity contribution in [2.75, 3.05) is 26.5 Å². The first-order chi connectivity index (χ1) is 18.6. The number of nitrogens with one attached hydrogen (secondary N) is 1. The molecule has 0 aliphatic rings. The molecular formula is C31H43N3O3S. The molecule has 206 valence electrons. The van der Waals surface area contributed by atoms with Gasteiger partial charge in [-0.2, -0.15) is 0 Å². The molecule has 1 amide bonds. The van der Waals surface area contributed by atoms with Gasteiger partial charge in [0.2, 0.25) is 5.91 Å². The van der Waals surface area contributed by atoms with Gasteiger partial charge in [0.15, 0.2) is 5.16 Å². The normalized spacial score (nSPS) is 10.9. The Hall–Kier alpha value is -2.93. The summed E-state index contributed by atoms with van der Waals surface area (Å²) in [5.41, 5.74) is 4.24. The Balaban J connectivity index is 1.72. The van der Waals surface area contributed by atoms with Gasteiger partial charge in [0.25, 0.3) is 0 Å². The molecule has 6 nitrogen and oxygen atoms in total. The number of benzene rings is 2. The van der Waals surface area contributed by atoms with Gasteiger partial charge in [-0.25, -0.2) is 4.98 Å². The van der Waals surface area contributed by atoms with E-state index in [4.69, 9.17) is 14.5 Å². The van der Waals surface area contributed by atoms with Gasteiger partial charge in [-0.05, 0) is 67.8 Å². The summed E-state index contributed by atoms with van der Waals surface area (Å²) in [7, 11) is 3.36. The van der Waals surface area contributed by atoms with Crippen LogP contribution in [0.4, 0.5) is 0 Å². The summed E-state index contributed by atoms with van der Waals surface area (Å²) in [6.45, 7) is 5.98. The molecular weight excluding hydrogens is 494 g/mol. The molecule has 0 spiro atoms. The molecule has 2 aromatic carbocycles. The molecule has 38 heavy (non-hydrogen) atoms. The van der Waals surface area contributed by atoms with Crippen LogP contribution in [0.2, 0.25) is 0 Å². The number of ether oxygens (including phenoxy) is 2. The summed E-state index contributed by atoms with van der Waals surface area (Å²) < 4.78 is 13.1. The molecule has 7 heteroatoms. The molecule has 0 saturated carbocycles. The molecule has 0 atom stereocenters. The van der Waals surface area contributed by atoms with E-state index in [1.165, 1.54) is 19.3 Å². The number of thioether (sulfide) groups is 1. The molecule has 0 unspecified atom stereocenters. The summed E-state index contributed by atoms with van der Waals surface area (Å²) in [6.07, 6.45) is 8.37. The van der Waals surface area contributed by atoms with Gasteiger partial charge in [0, 0.05) is 36.4 Å². The summed E-state index contributed by atoms with van der Waals surface area (Å²) >= 11 is 1.76. The Morgan fingerprint density at radius 1 is 0.842 bits per heavy atom. The molecule has 3 rings (SSSR count). The smallest absolute Gasteiger partial charge is 0.219 e. The van der Waals surface area contributed by atoms with Crippen LogP contribution >= 0.6 is 11.8 Å². The highest BCUT2D eigenvalue weighted by Crippen LogP contribution is 2.37. The Morgan fingerprint density at radius 3 is 2.08 bits per heavy atom. The first-order valence-corrected chi connectivity index (χ1v) is 14.9. The lowest BCUT2D eigenvalue weighted by molar-refractivity contribution is -0.121. The highest BCUT2D eigenvalue weighted by molar-refractivity contribution is 7.99. The Morgan fingerprint density at radius 2 is 1.47 bits per heavy atom. The number of carbonyl (C=O) groups excluding carboxylic acids is 1. The second-order valence-corrected chi connectivity index (χ2v) is 10.5. The number of carbonyl (C=O) groups is 1. The summed E-state index contributed by atoms with van der Waals surface area (Å²) in [4.78, 5) is 17.3. The van der Waals surface area contributed by atoms with E-state index in [0.717, 1.165) is 77.2 Å². The van der Waals surface area contributed by atoms with E-state index < -0.39 is 0 Å². The zero-order chi connectivity index (χ0) is 27.2. The minimum Gasteiger partial charge on any atom is -0.497 e. The number of aromatic nitrogens is 2. The molecule has 1 heterocycles. The molecule has 0 saturated heterocycles. The molecule has 0 fully saturated rings. The number of hydrogen-bond acceptors (Lipinski definition) is 5. The minimum atomic E-state index is 0.169. The van der Waals surface area contributed by atoms with Crippen LogP contribution < -0.4 is 14.8 Å². The van der Waals surface area contributed by atoms with E-state index in [1.807, 2.05) is 24.3 Å². The first-order valence-electron chi connectivity index (χ1n) is 13.9. The van der Waals surface area contributed by atoms with Crippen molar-refractivity contribution in [3.8, 4) is 34.0 Å². The standard InChI is InChI=1S/C31H43N3O3S/c1-5-7-8-9-10-12-28(35)32-21-11-23-38-31-33-29(24-13-17-26(36-3)18-14-24)30(34(31)22-6-2)25-15-19-27(37-4)20-16-25/h13-20H,5-12,21-23H2,1-4H3,(H,32,35). The molecule has 0 radical (unpaired) electrons. The zero-order valence-corrected chi connectivity index (χ0v) is 24.2. The van der Waals surface area contributed by atoms with Gasteiger partial charge >= 0.3 is 0 Å². The fourth-order valence-electron chi connectivity index (χ4n) is 4.41. The van der Waals surface area contributed by atoms with E-state index >= 15 is 0 Å². The molecule has 1 aromatic heterocycles. The first kappa shape index (κ1) is 29.6. The largest absolute Gasteiger partial charge is 0.497 e. The quantitative estimate of drug-likeness (QED) is 0.142. The zero-order valence-electron chi connectivity index (χ0n) is 23.4. The lowest BCUT2D eigenvalue weighted by Crippen LogP contribution is -2.24. The van der Waals surface area contributed by atoms with Gasteiger partial charge in [0.05, 0.1) is 25.6 Å². The Labute approximate surface area is 232 Å². The van der Waals surface area contributed by atoms with E-state index in [2.05, 4.69) is 48.0 Å². The van der Waals surface area contributed by atoms with Gasteiger partial charge in [-0.15, -0.1) is 0 Å². The Kier molecular flexibility index (Phi) is 12.6. The van der Waals surface area contributed by atoms with Crippen LogP contribution in [-0.2, 0) is 11.3 Å². The summed E-state index contributed by atoms with van der Waals surface area (Å²) in [6, 6.07) is 16.3. The topological polar surface area (TPSA) is 65.4 Å². The number of nitrogens with zero attached hydrogens (tertiary/aromatic N) is 2. The highest BCUT2D eigenvalue weighted by Gasteiger charge is 2.20. The number of rotatable bonds is 17. The van der Waals surface area contributed by atoms with Crippen molar-refractivity contribution >= 4 is 17.7 Å². The van der Waals surface area contributed by atoms with Gasteiger partial charge < -0.3 is 19.4 Å². The van der Waals surface area contributed by atoms with Crippen molar-refractivity contribution in [3.63, 3.8) is 0 Å². The van der Waals surface area contributed by atoms with Crippen LogP contribution in [0.1, 0.15) is 65.2 Å². The fraction of sp³-hybridized carbons (Fsp3) is 0.484. The average Bonchev–Trinajstić information content (AvgIpc) is 3.31. The van der Waals surface area contributed by atoms with Crippen molar-refractivity contribution in [3.05, 3.63) is 48.5 Å². The van der Waals surface area contributed by atoms with E-state index in [9.17, 15) is 4.79 Å². The number of methoxy groups -OCH3 is 2. The molecule has 0 bridgehead atoms. The monoisotopic (exact) mass is 537 g/mol. The molecule has 0 aliphatic heterocycles.